The van der Waals surface area contributed by atoms with E-state index in [4.69, 9.17) is 5.73 Å². The second kappa shape index (κ2) is 6.53. The minimum Gasteiger partial charge on any atom is -0.334 e. The van der Waals surface area contributed by atoms with Crippen LogP contribution in [0, 0.1) is 0 Å². The summed E-state index contributed by atoms with van der Waals surface area (Å²) in [4.78, 5) is 14.5. The van der Waals surface area contributed by atoms with Gasteiger partial charge in [0.15, 0.2) is 0 Å². The van der Waals surface area contributed by atoms with Crippen molar-refractivity contribution >= 4 is 5.91 Å². The van der Waals surface area contributed by atoms with Crippen molar-refractivity contribution in [1.29, 1.82) is 0 Å². The molecule has 19 heavy (non-hydrogen) atoms. The fraction of sp³-hybridized carbons (Fsp3) is 0.438. The number of carbonyl (C=O) groups excluding carboxylic acids is 1. The van der Waals surface area contributed by atoms with Crippen molar-refractivity contribution < 1.29 is 4.79 Å². The standard InChI is InChI=1S/C16H22N2O/c1-2-12-18(14-10-6-7-11-14)16(19)15(17)13-8-4-3-5-9-13/h2-5,8-9,14-15H,1,6-7,10-12,17H2/t15-/m0/s1. The van der Waals surface area contributed by atoms with E-state index in [0.717, 1.165) is 18.4 Å². The Hall–Kier alpha value is -1.61. The zero-order valence-corrected chi connectivity index (χ0v) is 11.3. The van der Waals surface area contributed by atoms with Crippen LogP contribution in [-0.2, 0) is 4.79 Å². The van der Waals surface area contributed by atoms with Gasteiger partial charge in [0.05, 0.1) is 0 Å². The molecule has 1 atom stereocenters. The van der Waals surface area contributed by atoms with Crippen molar-refractivity contribution in [3.8, 4) is 0 Å². The van der Waals surface area contributed by atoms with Crippen molar-refractivity contribution in [3.63, 3.8) is 0 Å². The van der Waals surface area contributed by atoms with E-state index in [-0.39, 0.29) is 5.91 Å². The lowest BCUT2D eigenvalue weighted by Gasteiger charge is -2.30. The van der Waals surface area contributed by atoms with Gasteiger partial charge in [-0.15, -0.1) is 6.58 Å². The summed E-state index contributed by atoms with van der Waals surface area (Å²) in [6.45, 7) is 4.34. The third kappa shape index (κ3) is 3.24. The maximum Gasteiger partial charge on any atom is 0.244 e. The molecular weight excluding hydrogens is 236 g/mol. The average molecular weight is 258 g/mol. The molecule has 1 aliphatic carbocycles. The van der Waals surface area contributed by atoms with Crippen LogP contribution in [0.5, 0.6) is 0 Å². The minimum absolute atomic E-state index is 0.0120. The molecule has 0 spiro atoms. The number of rotatable bonds is 5. The van der Waals surface area contributed by atoms with Crippen LogP contribution in [0.25, 0.3) is 0 Å². The topological polar surface area (TPSA) is 46.3 Å². The number of amides is 1. The maximum atomic E-state index is 12.6. The number of hydrogen-bond donors (Lipinski definition) is 1. The summed E-state index contributed by atoms with van der Waals surface area (Å²) in [7, 11) is 0. The van der Waals surface area contributed by atoms with Gasteiger partial charge >= 0.3 is 0 Å². The first-order valence-electron chi connectivity index (χ1n) is 6.96. The Morgan fingerprint density at radius 2 is 2.00 bits per heavy atom. The highest BCUT2D eigenvalue weighted by atomic mass is 16.2. The summed E-state index contributed by atoms with van der Waals surface area (Å²) in [5.41, 5.74) is 6.99. The smallest absolute Gasteiger partial charge is 0.244 e. The van der Waals surface area contributed by atoms with Crippen LogP contribution < -0.4 is 5.73 Å². The molecule has 0 aromatic heterocycles. The predicted octanol–water partition coefficient (Wildman–Crippen LogP) is 2.64. The normalized spacial score (nSPS) is 17.1. The average Bonchev–Trinajstić information content (AvgIpc) is 2.98. The Balaban J connectivity index is 2.12. The van der Waals surface area contributed by atoms with E-state index in [2.05, 4.69) is 6.58 Å². The number of benzene rings is 1. The first-order valence-corrected chi connectivity index (χ1v) is 6.96. The quantitative estimate of drug-likeness (QED) is 0.825. The second-order valence-corrected chi connectivity index (χ2v) is 5.11. The first kappa shape index (κ1) is 13.8. The molecule has 1 amide bonds. The molecule has 1 fully saturated rings. The third-order valence-corrected chi connectivity index (χ3v) is 3.80. The van der Waals surface area contributed by atoms with Crippen molar-refractivity contribution in [3.05, 3.63) is 48.6 Å². The van der Waals surface area contributed by atoms with Crippen molar-refractivity contribution in [2.75, 3.05) is 6.54 Å². The van der Waals surface area contributed by atoms with Crippen LogP contribution in [0.2, 0.25) is 0 Å². The van der Waals surface area contributed by atoms with Gasteiger partial charge in [-0.05, 0) is 18.4 Å². The number of nitrogens with zero attached hydrogens (tertiary/aromatic N) is 1. The third-order valence-electron chi connectivity index (χ3n) is 3.80. The Kier molecular flexibility index (Phi) is 4.74. The number of carbonyl (C=O) groups is 1. The van der Waals surface area contributed by atoms with Gasteiger partial charge in [0.2, 0.25) is 5.91 Å². The van der Waals surface area contributed by atoms with Crippen LogP contribution in [0.3, 0.4) is 0 Å². The Bertz CT molecular complexity index is 424. The highest BCUT2D eigenvalue weighted by Crippen LogP contribution is 2.25. The molecule has 2 N–H and O–H groups in total. The zero-order chi connectivity index (χ0) is 13.7. The number of nitrogens with two attached hydrogens (primary N) is 1. The van der Waals surface area contributed by atoms with Crippen molar-refractivity contribution in [2.24, 2.45) is 5.73 Å². The summed E-state index contributed by atoms with van der Waals surface area (Å²) in [6.07, 6.45) is 6.36. The van der Waals surface area contributed by atoms with Gasteiger partial charge in [0, 0.05) is 12.6 Å². The highest BCUT2D eigenvalue weighted by molar-refractivity contribution is 5.83. The largest absolute Gasteiger partial charge is 0.334 e. The predicted molar refractivity (Wildman–Crippen MR) is 77.5 cm³/mol. The van der Waals surface area contributed by atoms with E-state index < -0.39 is 6.04 Å². The van der Waals surface area contributed by atoms with E-state index in [1.165, 1.54) is 12.8 Å². The van der Waals surface area contributed by atoms with Gasteiger partial charge in [-0.2, -0.15) is 0 Å². The first-order chi connectivity index (χ1) is 9.24. The van der Waals surface area contributed by atoms with Crippen LogP contribution in [0.1, 0.15) is 37.3 Å². The molecule has 3 nitrogen and oxygen atoms in total. The monoisotopic (exact) mass is 258 g/mol. The Labute approximate surface area is 115 Å². The molecule has 0 radical (unpaired) electrons. The molecule has 102 valence electrons. The van der Waals surface area contributed by atoms with Crippen molar-refractivity contribution in [2.45, 2.75) is 37.8 Å². The molecule has 0 unspecified atom stereocenters. The maximum absolute atomic E-state index is 12.6. The lowest BCUT2D eigenvalue weighted by molar-refractivity contribution is -0.134. The molecule has 0 bridgehead atoms. The second-order valence-electron chi connectivity index (χ2n) is 5.11. The molecule has 1 aromatic carbocycles. The van der Waals surface area contributed by atoms with Crippen LogP contribution in [-0.4, -0.2) is 23.4 Å². The summed E-state index contributed by atoms with van der Waals surface area (Å²) < 4.78 is 0. The molecule has 0 heterocycles. The lowest BCUT2D eigenvalue weighted by atomic mass is 10.1. The van der Waals surface area contributed by atoms with E-state index in [0.29, 0.717) is 12.6 Å². The molecule has 1 saturated carbocycles. The van der Waals surface area contributed by atoms with Crippen LogP contribution in [0.4, 0.5) is 0 Å². The Morgan fingerprint density at radius 1 is 1.37 bits per heavy atom. The van der Waals surface area contributed by atoms with Gasteiger partial charge in [-0.1, -0.05) is 49.2 Å². The van der Waals surface area contributed by atoms with Gasteiger partial charge in [-0.3, -0.25) is 4.79 Å². The molecule has 0 aliphatic heterocycles. The van der Waals surface area contributed by atoms with Gasteiger partial charge in [-0.25, -0.2) is 0 Å². The van der Waals surface area contributed by atoms with Gasteiger partial charge in [0.25, 0.3) is 0 Å². The lowest BCUT2D eigenvalue weighted by Crippen LogP contribution is -2.44. The van der Waals surface area contributed by atoms with Crippen LogP contribution >= 0.6 is 0 Å². The molecule has 1 aromatic rings. The molecular formula is C16H22N2O. The highest BCUT2D eigenvalue weighted by Gasteiger charge is 2.29. The van der Waals surface area contributed by atoms with Gasteiger partial charge in [0.1, 0.15) is 6.04 Å². The van der Waals surface area contributed by atoms with E-state index >= 15 is 0 Å². The molecule has 1 aliphatic rings. The SMILES string of the molecule is C=CCN(C(=O)[C@@H](N)c1ccccc1)C1CCCC1. The fourth-order valence-corrected chi connectivity index (χ4v) is 2.76. The van der Waals surface area contributed by atoms with Crippen LogP contribution in [0.15, 0.2) is 43.0 Å². The minimum atomic E-state index is -0.568. The zero-order valence-electron chi connectivity index (χ0n) is 11.3. The van der Waals surface area contributed by atoms with E-state index in [9.17, 15) is 4.79 Å². The molecule has 2 rings (SSSR count). The molecule has 3 heteroatoms. The van der Waals surface area contributed by atoms with E-state index in [1.54, 1.807) is 6.08 Å². The fourth-order valence-electron chi connectivity index (χ4n) is 2.76. The molecule has 0 saturated heterocycles. The Morgan fingerprint density at radius 3 is 2.58 bits per heavy atom. The van der Waals surface area contributed by atoms with E-state index in [1.807, 2.05) is 35.2 Å². The number of hydrogen-bond acceptors (Lipinski definition) is 2. The summed E-state index contributed by atoms with van der Waals surface area (Å²) in [6, 6.07) is 9.33. The summed E-state index contributed by atoms with van der Waals surface area (Å²) in [5.74, 6) is 0.0120. The summed E-state index contributed by atoms with van der Waals surface area (Å²) in [5, 5.41) is 0. The van der Waals surface area contributed by atoms with Gasteiger partial charge < -0.3 is 10.6 Å². The summed E-state index contributed by atoms with van der Waals surface area (Å²) >= 11 is 0. The van der Waals surface area contributed by atoms with Crippen molar-refractivity contribution in [1.82, 2.24) is 4.90 Å².